The monoisotopic (exact) mass is 314 g/mol. The summed E-state index contributed by atoms with van der Waals surface area (Å²) in [5.41, 5.74) is -3.57. The number of aryl methyl sites for hydroxylation is 1. The smallest absolute Gasteiger partial charge is 0.316 e. The number of hydrogen-bond acceptors (Lipinski definition) is 1. The van der Waals surface area contributed by atoms with Crippen molar-refractivity contribution in [3.63, 3.8) is 0 Å². The molecule has 118 valence electrons. The molecule has 0 spiro atoms. The van der Waals surface area contributed by atoms with Gasteiger partial charge in [0.15, 0.2) is 0 Å². The maximum Gasteiger partial charge on any atom is 0.420 e. The van der Waals surface area contributed by atoms with E-state index in [1.807, 2.05) is 5.32 Å². The van der Waals surface area contributed by atoms with Gasteiger partial charge in [0.05, 0.1) is 0 Å². The number of carbonyl (C=O) groups is 1. The standard InChI is InChI=1S/C12H12F6N2O/c1-7-4-3-5-8(6-7)19-9(21)20-10(2,11(13,14)15)12(16,17)18/h3-6H,1-2H3,(H2,19,20,21). The van der Waals surface area contributed by atoms with Crippen LogP contribution in [-0.2, 0) is 0 Å². The number of carbonyl (C=O) groups excluding carboxylic acids is 1. The lowest BCUT2D eigenvalue weighted by Crippen LogP contribution is -2.66. The van der Waals surface area contributed by atoms with Gasteiger partial charge in [0.2, 0.25) is 5.54 Å². The summed E-state index contributed by atoms with van der Waals surface area (Å²) in [6.07, 6.45) is -11.4. The summed E-state index contributed by atoms with van der Waals surface area (Å²) in [5.74, 6) is 0. The van der Waals surface area contributed by atoms with E-state index in [0.717, 1.165) is 5.32 Å². The predicted molar refractivity (Wildman–Crippen MR) is 63.8 cm³/mol. The summed E-state index contributed by atoms with van der Waals surface area (Å²) in [6.45, 7) is 1.52. The van der Waals surface area contributed by atoms with Gasteiger partial charge >= 0.3 is 18.4 Å². The maximum absolute atomic E-state index is 12.6. The number of alkyl halides is 6. The molecule has 2 amide bonds. The highest BCUT2D eigenvalue weighted by Gasteiger charge is 2.68. The molecule has 1 aromatic rings. The molecule has 0 fully saturated rings. The highest BCUT2D eigenvalue weighted by atomic mass is 19.4. The molecular formula is C12H12F6N2O. The third-order valence-corrected chi connectivity index (χ3v) is 2.77. The first-order valence-electron chi connectivity index (χ1n) is 5.66. The molecule has 0 heterocycles. The number of amides is 2. The molecule has 0 bridgehead atoms. The van der Waals surface area contributed by atoms with E-state index >= 15 is 0 Å². The molecule has 3 nitrogen and oxygen atoms in total. The van der Waals surface area contributed by atoms with Crippen LogP contribution >= 0.6 is 0 Å². The lowest BCUT2D eigenvalue weighted by atomic mass is 10.0. The van der Waals surface area contributed by atoms with Gasteiger partial charge in [0.1, 0.15) is 0 Å². The Kier molecular flexibility index (Phi) is 4.45. The van der Waals surface area contributed by atoms with Gasteiger partial charge in [-0.05, 0) is 31.5 Å². The van der Waals surface area contributed by atoms with Crippen molar-refractivity contribution in [2.45, 2.75) is 31.7 Å². The van der Waals surface area contributed by atoms with E-state index < -0.39 is 23.9 Å². The molecule has 1 aromatic carbocycles. The first-order chi connectivity index (χ1) is 9.37. The van der Waals surface area contributed by atoms with Crippen LogP contribution in [0.1, 0.15) is 12.5 Å². The summed E-state index contributed by atoms with van der Waals surface area (Å²) >= 11 is 0. The van der Waals surface area contributed by atoms with Crippen LogP contribution in [-0.4, -0.2) is 23.9 Å². The van der Waals surface area contributed by atoms with Crippen molar-refractivity contribution in [3.8, 4) is 0 Å². The molecule has 0 aliphatic rings. The Balaban J connectivity index is 2.93. The number of nitrogens with one attached hydrogen (secondary N) is 2. The van der Waals surface area contributed by atoms with Gasteiger partial charge in [-0.15, -0.1) is 0 Å². The molecule has 0 aliphatic heterocycles. The van der Waals surface area contributed by atoms with Crippen molar-refractivity contribution >= 4 is 11.7 Å². The number of anilines is 1. The fourth-order valence-corrected chi connectivity index (χ4v) is 1.41. The normalized spacial score (nSPS) is 13.0. The summed E-state index contributed by atoms with van der Waals surface area (Å²) in [4.78, 5) is 11.4. The van der Waals surface area contributed by atoms with Crippen LogP contribution in [0.15, 0.2) is 24.3 Å². The Morgan fingerprint density at radius 2 is 1.57 bits per heavy atom. The second kappa shape index (κ2) is 5.45. The zero-order valence-corrected chi connectivity index (χ0v) is 11.0. The zero-order chi connectivity index (χ0) is 16.5. The topological polar surface area (TPSA) is 41.1 Å². The molecular weight excluding hydrogens is 302 g/mol. The molecule has 0 aliphatic carbocycles. The van der Waals surface area contributed by atoms with Gasteiger partial charge < -0.3 is 10.6 Å². The first kappa shape index (κ1) is 17.1. The lowest BCUT2D eigenvalue weighted by Gasteiger charge is -2.34. The van der Waals surface area contributed by atoms with Crippen molar-refractivity contribution < 1.29 is 31.1 Å². The number of halogens is 6. The van der Waals surface area contributed by atoms with Gasteiger partial charge in [-0.2, -0.15) is 26.3 Å². The highest BCUT2D eigenvalue weighted by molar-refractivity contribution is 5.90. The minimum atomic E-state index is -5.69. The molecule has 0 saturated carbocycles. The van der Waals surface area contributed by atoms with E-state index in [1.165, 1.54) is 18.2 Å². The SMILES string of the molecule is Cc1cccc(NC(=O)NC(C)(C(F)(F)F)C(F)(F)F)c1. The van der Waals surface area contributed by atoms with Crippen LogP contribution in [0, 0.1) is 6.92 Å². The van der Waals surface area contributed by atoms with Crippen molar-refractivity contribution in [1.29, 1.82) is 0 Å². The van der Waals surface area contributed by atoms with Crippen LogP contribution < -0.4 is 10.6 Å². The van der Waals surface area contributed by atoms with E-state index in [9.17, 15) is 31.1 Å². The van der Waals surface area contributed by atoms with E-state index in [1.54, 1.807) is 13.0 Å². The molecule has 9 heteroatoms. The van der Waals surface area contributed by atoms with E-state index in [4.69, 9.17) is 0 Å². The number of benzene rings is 1. The third-order valence-electron chi connectivity index (χ3n) is 2.77. The van der Waals surface area contributed by atoms with Crippen LogP contribution in [0.3, 0.4) is 0 Å². The molecule has 0 unspecified atom stereocenters. The van der Waals surface area contributed by atoms with E-state index in [2.05, 4.69) is 0 Å². The fraction of sp³-hybridized carbons (Fsp3) is 0.417. The van der Waals surface area contributed by atoms with Crippen molar-refractivity contribution in [2.75, 3.05) is 5.32 Å². The number of urea groups is 1. The zero-order valence-electron chi connectivity index (χ0n) is 11.0. The van der Waals surface area contributed by atoms with Crippen LogP contribution in [0.2, 0.25) is 0 Å². The quantitative estimate of drug-likeness (QED) is 0.796. The van der Waals surface area contributed by atoms with Crippen molar-refractivity contribution in [2.24, 2.45) is 0 Å². The van der Waals surface area contributed by atoms with Gasteiger partial charge in [-0.25, -0.2) is 4.79 Å². The predicted octanol–water partition coefficient (Wildman–Crippen LogP) is 4.00. The van der Waals surface area contributed by atoms with Gasteiger partial charge in [0, 0.05) is 5.69 Å². The maximum atomic E-state index is 12.6. The Labute approximate surface area is 116 Å². The van der Waals surface area contributed by atoms with E-state index in [-0.39, 0.29) is 12.6 Å². The van der Waals surface area contributed by atoms with Gasteiger partial charge in [-0.1, -0.05) is 12.1 Å². The minimum Gasteiger partial charge on any atom is -0.316 e. The van der Waals surface area contributed by atoms with Crippen LogP contribution in [0.4, 0.5) is 36.8 Å². The lowest BCUT2D eigenvalue weighted by molar-refractivity contribution is -0.297. The molecule has 1 rings (SSSR count). The summed E-state index contributed by atoms with van der Waals surface area (Å²) in [6, 6.07) is 4.29. The average molecular weight is 314 g/mol. The Hall–Kier alpha value is -1.93. The van der Waals surface area contributed by atoms with Crippen LogP contribution in [0.5, 0.6) is 0 Å². The second-order valence-electron chi connectivity index (χ2n) is 4.57. The molecule has 0 radical (unpaired) electrons. The Morgan fingerprint density at radius 1 is 1.05 bits per heavy atom. The van der Waals surface area contributed by atoms with E-state index in [0.29, 0.717) is 5.56 Å². The summed E-state index contributed by atoms with van der Waals surface area (Å²) < 4.78 is 75.6. The first-order valence-corrected chi connectivity index (χ1v) is 5.66. The highest BCUT2D eigenvalue weighted by Crippen LogP contribution is 2.42. The Morgan fingerprint density at radius 3 is 2.00 bits per heavy atom. The molecule has 0 aromatic heterocycles. The largest absolute Gasteiger partial charge is 0.420 e. The Bertz CT molecular complexity index is 509. The van der Waals surface area contributed by atoms with Crippen molar-refractivity contribution in [1.82, 2.24) is 5.32 Å². The number of rotatable bonds is 2. The number of hydrogen-bond donors (Lipinski definition) is 2. The van der Waals surface area contributed by atoms with Gasteiger partial charge in [0.25, 0.3) is 0 Å². The van der Waals surface area contributed by atoms with Gasteiger partial charge in [-0.3, -0.25) is 0 Å². The average Bonchev–Trinajstić information content (AvgIpc) is 2.25. The second-order valence-corrected chi connectivity index (χ2v) is 4.57. The summed E-state index contributed by atoms with van der Waals surface area (Å²) in [5, 5.41) is 2.87. The summed E-state index contributed by atoms with van der Waals surface area (Å²) in [7, 11) is 0. The molecule has 0 saturated heterocycles. The minimum absolute atomic E-state index is 0.0826. The molecule has 0 atom stereocenters. The molecule has 21 heavy (non-hydrogen) atoms. The molecule has 2 N–H and O–H groups in total. The third kappa shape index (κ3) is 3.79. The fourth-order valence-electron chi connectivity index (χ4n) is 1.41. The van der Waals surface area contributed by atoms with Crippen molar-refractivity contribution in [3.05, 3.63) is 29.8 Å². The van der Waals surface area contributed by atoms with Crippen LogP contribution in [0.25, 0.3) is 0 Å².